The number of rotatable bonds is 4. The molecule has 0 spiro atoms. The van der Waals surface area contributed by atoms with E-state index in [9.17, 15) is 14.4 Å². The molecule has 0 bridgehead atoms. The van der Waals surface area contributed by atoms with Crippen LogP contribution in [0.25, 0.3) is 0 Å². The van der Waals surface area contributed by atoms with Gasteiger partial charge < -0.3 is 21.1 Å². The normalized spacial score (nSPS) is 22.4. The van der Waals surface area contributed by atoms with Crippen molar-refractivity contribution in [2.75, 3.05) is 6.54 Å². The number of hydrogen-bond donors (Lipinski definition) is 3. The lowest BCUT2D eigenvalue weighted by molar-refractivity contribution is -0.149. The van der Waals surface area contributed by atoms with Crippen LogP contribution in [0.5, 0.6) is 0 Å². The first-order chi connectivity index (χ1) is 8.34. The number of amides is 2. The SMILES string of the molecule is CC(N)C(=O)NC(C)C(=O)N1CCCC1C(=O)O. The monoisotopic (exact) mass is 257 g/mol. The van der Waals surface area contributed by atoms with E-state index in [2.05, 4.69) is 5.32 Å². The summed E-state index contributed by atoms with van der Waals surface area (Å²) in [5.74, 6) is -1.82. The van der Waals surface area contributed by atoms with Gasteiger partial charge in [-0.2, -0.15) is 0 Å². The maximum absolute atomic E-state index is 12.0. The van der Waals surface area contributed by atoms with E-state index in [-0.39, 0.29) is 5.91 Å². The molecule has 1 fully saturated rings. The molecule has 3 unspecified atom stereocenters. The van der Waals surface area contributed by atoms with Crippen molar-refractivity contribution in [2.45, 2.75) is 44.8 Å². The van der Waals surface area contributed by atoms with Crippen molar-refractivity contribution in [3.63, 3.8) is 0 Å². The van der Waals surface area contributed by atoms with Crippen LogP contribution in [-0.2, 0) is 14.4 Å². The van der Waals surface area contributed by atoms with E-state index in [1.165, 1.54) is 18.7 Å². The minimum atomic E-state index is -1.01. The Hall–Kier alpha value is -1.63. The number of hydrogen-bond acceptors (Lipinski definition) is 4. The van der Waals surface area contributed by atoms with Crippen LogP contribution < -0.4 is 11.1 Å². The van der Waals surface area contributed by atoms with E-state index < -0.39 is 30.0 Å². The predicted molar refractivity (Wildman–Crippen MR) is 63.6 cm³/mol. The molecule has 7 heteroatoms. The standard InChI is InChI=1S/C11H19N3O4/c1-6(12)9(15)13-7(2)10(16)14-5-3-4-8(14)11(17)18/h6-8H,3-5,12H2,1-2H3,(H,13,15)(H,17,18). The highest BCUT2D eigenvalue weighted by molar-refractivity contribution is 5.91. The second-order valence-corrected chi connectivity index (χ2v) is 4.55. The van der Waals surface area contributed by atoms with Crippen LogP contribution in [0.1, 0.15) is 26.7 Å². The molecule has 1 heterocycles. The summed E-state index contributed by atoms with van der Waals surface area (Å²) in [6.45, 7) is 3.45. The summed E-state index contributed by atoms with van der Waals surface area (Å²) in [5.41, 5.74) is 5.38. The average molecular weight is 257 g/mol. The zero-order valence-electron chi connectivity index (χ0n) is 10.5. The van der Waals surface area contributed by atoms with Crippen molar-refractivity contribution in [1.29, 1.82) is 0 Å². The molecule has 18 heavy (non-hydrogen) atoms. The number of nitrogens with two attached hydrogens (primary N) is 1. The Balaban J connectivity index is 2.63. The van der Waals surface area contributed by atoms with Crippen LogP contribution in [0.3, 0.4) is 0 Å². The maximum Gasteiger partial charge on any atom is 0.326 e. The number of nitrogens with one attached hydrogen (secondary N) is 1. The molecule has 1 saturated heterocycles. The fraction of sp³-hybridized carbons (Fsp3) is 0.727. The molecule has 0 aromatic rings. The van der Waals surface area contributed by atoms with Gasteiger partial charge >= 0.3 is 5.97 Å². The third kappa shape index (κ3) is 3.19. The molecule has 0 aromatic carbocycles. The molecule has 1 rings (SSSR count). The van der Waals surface area contributed by atoms with Gasteiger partial charge in [-0.15, -0.1) is 0 Å². The molecule has 1 aliphatic heterocycles. The van der Waals surface area contributed by atoms with Gasteiger partial charge in [0.05, 0.1) is 6.04 Å². The summed E-state index contributed by atoms with van der Waals surface area (Å²) in [6, 6.07) is -2.25. The summed E-state index contributed by atoms with van der Waals surface area (Å²) >= 11 is 0. The Morgan fingerprint density at radius 3 is 2.50 bits per heavy atom. The largest absolute Gasteiger partial charge is 0.480 e. The van der Waals surface area contributed by atoms with Gasteiger partial charge in [0.25, 0.3) is 0 Å². The van der Waals surface area contributed by atoms with Gasteiger partial charge in [0.15, 0.2) is 0 Å². The molecule has 1 aliphatic rings. The number of carboxylic acids is 1. The van der Waals surface area contributed by atoms with Gasteiger partial charge in [-0.3, -0.25) is 9.59 Å². The summed E-state index contributed by atoms with van der Waals surface area (Å²) in [5, 5.41) is 11.5. The fourth-order valence-corrected chi connectivity index (χ4v) is 1.94. The quantitative estimate of drug-likeness (QED) is 0.592. The van der Waals surface area contributed by atoms with Crippen LogP contribution in [0.2, 0.25) is 0 Å². The highest BCUT2D eigenvalue weighted by Crippen LogP contribution is 2.18. The van der Waals surface area contributed by atoms with Crippen molar-refractivity contribution < 1.29 is 19.5 Å². The third-order valence-electron chi connectivity index (χ3n) is 2.96. The molecule has 0 aromatic heterocycles. The Labute approximate surface area is 105 Å². The first-order valence-corrected chi connectivity index (χ1v) is 5.93. The lowest BCUT2D eigenvalue weighted by atomic mass is 10.2. The Morgan fingerprint density at radius 2 is 2.00 bits per heavy atom. The van der Waals surface area contributed by atoms with Gasteiger partial charge in [0.2, 0.25) is 11.8 Å². The zero-order valence-corrected chi connectivity index (χ0v) is 10.5. The van der Waals surface area contributed by atoms with E-state index in [0.717, 1.165) is 0 Å². The van der Waals surface area contributed by atoms with Crippen LogP contribution in [-0.4, -0.2) is 52.5 Å². The second kappa shape index (κ2) is 5.81. The fourth-order valence-electron chi connectivity index (χ4n) is 1.94. The smallest absolute Gasteiger partial charge is 0.326 e. The minimum Gasteiger partial charge on any atom is -0.480 e. The van der Waals surface area contributed by atoms with Crippen LogP contribution in [0.15, 0.2) is 0 Å². The molecule has 7 nitrogen and oxygen atoms in total. The maximum atomic E-state index is 12.0. The van der Waals surface area contributed by atoms with Crippen molar-refractivity contribution in [3.8, 4) is 0 Å². The number of carboxylic acid groups (broad SMARTS) is 1. The van der Waals surface area contributed by atoms with Crippen molar-refractivity contribution in [3.05, 3.63) is 0 Å². The van der Waals surface area contributed by atoms with E-state index in [1.807, 2.05) is 0 Å². The Kier molecular flexibility index (Phi) is 4.66. The highest BCUT2D eigenvalue weighted by atomic mass is 16.4. The third-order valence-corrected chi connectivity index (χ3v) is 2.96. The van der Waals surface area contributed by atoms with E-state index in [4.69, 9.17) is 10.8 Å². The van der Waals surface area contributed by atoms with Gasteiger partial charge in [-0.1, -0.05) is 0 Å². The summed E-state index contributed by atoms with van der Waals surface area (Å²) in [7, 11) is 0. The number of aliphatic carboxylic acids is 1. The van der Waals surface area contributed by atoms with Gasteiger partial charge in [0, 0.05) is 6.54 Å². The minimum absolute atomic E-state index is 0.381. The molecule has 0 aliphatic carbocycles. The first kappa shape index (κ1) is 14.4. The highest BCUT2D eigenvalue weighted by Gasteiger charge is 2.36. The van der Waals surface area contributed by atoms with Gasteiger partial charge in [-0.05, 0) is 26.7 Å². The van der Waals surface area contributed by atoms with Crippen LogP contribution in [0.4, 0.5) is 0 Å². The Bertz CT molecular complexity index is 356. The van der Waals surface area contributed by atoms with E-state index >= 15 is 0 Å². The average Bonchev–Trinajstić information content (AvgIpc) is 2.76. The van der Waals surface area contributed by atoms with Gasteiger partial charge in [-0.25, -0.2) is 4.79 Å². The number of carbonyl (C=O) groups excluding carboxylic acids is 2. The Morgan fingerprint density at radius 1 is 1.39 bits per heavy atom. The molecular formula is C11H19N3O4. The number of carbonyl (C=O) groups is 3. The topological polar surface area (TPSA) is 113 Å². The molecule has 0 radical (unpaired) electrons. The zero-order chi connectivity index (χ0) is 13.9. The predicted octanol–water partition coefficient (Wildman–Crippen LogP) is -1.09. The first-order valence-electron chi connectivity index (χ1n) is 5.93. The summed E-state index contributed by atoms with van der Waals surface area (Å²) in [6.07, 6.45) is 1.12. The molecule has 3 atom stereocenters. The molecule has 4 N–H and O–H groups in total. The molecule has 102 valence electrons. The lowest BCUT2D eigenvalue weighted by Gasteiger charge is -2.25. The number of likely N-dealkylation sites (tertiary alicyclic amines) is 1. The van der Waals surface area contributed by atoms with Crippen molar-refractivity contribution in [1.82, 2.24) is 10.2 Å². The molecular weight excluding hydrogens is 238 g/mol. The number of nitrogens with zero attached hydrogens (tertiary/aromatic N) is 1. The summed E-state index contributed by atoms with van der Waals surface area (Å²) in [4.78, 5) is 35.7. The van der Waals surface area contributed by atoms with Crippen LogP contribution in [0, 0.1) is 0 Å². The second-order valence-electron chi connectivity index (χ2n) is 4.55. The molecule has 2 amide bonds. The van der Waals surface area contributed by atoms with E-state index in [1.54, 1.807) is 0 Å². The summed E-state index contributed by atoms with van der Waals surface area (Å²) < 4.78 is 0. The molecule has 0 saturated carbocycles. The van der Waals surface area contributed by atoms with E-state index in [0.29, 0.717) is 19.4 Å². The van der Waals surface area contributed by atoms with Crippen LogP contribution >= 0.6 is 0 Å². The van der Waals surface area contributed by atoms with Crippen molar-refractivity contribution >= 4 is 17.8 Å². The van der Waals surface area contributed by atoms with Gasteiger partial charge in [0.1, 0.15) is 12.1 Å². The van der Waals surface area contributed by atoms with Crippen molar-refractivity contribution in [2.24, 2.45) is 5.73 Å². The lowest BCUT2D eigenvalue weighted by Crippen LogP contribution is -2.52.